The first-order valence-electron chi connectivity index (χ1n) is 9.04. The van der Waals surface area contributed by atoms with Crippen molar-refractivity contribution in [2.24, 2.45) is 11.8 Å². The van der Waals surface area contributed by atoms with Gasteiger partial charge in [0, 0.05) is 6.42 Å². The van der Waals surface area contributed by atoms with Crippen molar-refractivity contribution in [1.29, 1.82) is 0 Å². The highest BCUT2D eigenvalue weighted by atomic mass is 16.6. The number of hydrogen-bond acceptors (Lipinski definition) is 4. The number of ether oxygens (including phenoxy) is 1. The normalized spacial score (nSPS) is 13.6. The van der Waals surface area contributed by atoms with Gasteiger partial charge in [-0.25, -0.2) is 4.79 Å². The van der Waals surface area contributed by atoms with Crippen LogP contribution in [-0.2, 0) is 20.7 Å². The minimum Gasteiger partial charge on any atom is -0.481 e. The molecule has 2 atom stereocenters. The number of benzene rings is 1. The number of nitrogens with one attached hydrogen (secondary N) is 2. The molecule has 1 aromatic rings. The molecule has 1 rings (SSSR count). The highest BCUT2D eigenvalue weighted by molar-refractivity contribution is 5.97. The second kappa shape index (κ2) is 9.94. The van der Waals surface area contributed by atoms with Gasteiger partial charge >= 0.3 is 12.1 Å². The van der Waals surface area contributed by atoms with Crippen molar-refractivity contribution in [3.05, 3.63) is 35.9 Å². The summed E-state index contributed by atoms with van der Waals surface area (Å²) in [6.07, 6.45) is -0.950. The van der Waals surface area contributed by atoms with Crippen molar-refractivity contribution in [1.82, 2.24) is 10.6 Å². The smallest absolute Gasteiger partial charge is 0.409 e. The predicted molar refractivity (Wildman–Crippen MR) is 102 cm³/mol. The monoisotopic (exact) mass is 378 g/mol. The number of carbonyl (C=O) groups excluding carboxylic acids is 2. The maximum absolute atomic E-state index is 12.5. The van der Waals surface area contributed by atoms with Crippen LogP contribution in [0.1, 0.15) is 46.6 Å². The minimum absolute atomic E-state index is 0.0447. The first-order chi connectivity index (χ1) is 12.5. The molecular weight excluding hydrogens is 348 g/mol. The minimum atomic E-state index is -1.18. The van der Waals surface area contributed by atoms with Gasteiger partial charge in [0.05, 0.1) is 0 Å². The Bertz CT molecular complexity index is 638. The molecule has 0 aliphatic carbocycles. The van der Waals surface area contributed by atoms with Crippen molar-refractivity contribution in [2.45, 2.75) is 59.2 Å². The Morgan fingerprint density at radius 3 is 2.15 bits per heavy atom. The van der Waals surface area contributed by atoms with Gasteiger partial charge in [-0.1, -0.05) is 44.2 Å². The topological polar surface area (TPSA) is 105 Å². The molecule has 2 amide bonds. The second-order valence-corrected chi connectivity index (χ2v) is 7.92. The van der Waals surface area contributed by atoms with Gasteiger partial charge in [-0.05, 0) is 38.7 Å². The lowest BCUT2D eigenvalue weighted by Crippen LogP contribution is -2.52. The molecular formula is C20H30N2O5. The van der Waals surface area contributed by atoms with Gasteiger partial charge in [0.2, 0.25) is 5.91 Å². The fourth-order valence-electron chi connectivity index (χ4n) is 2.50. The number of carbonyl (C=O) groups is 3. The summed E-state index contributed by atoms with van der Waals surface area (Å²) < 4.78 is 5.24. The summed E-state index contributed by atoms with van der Waals surface area (Å²) in [6, 6.07) is 9.28. The van der Waals surface area contributed by atoms with Gasteiger partial charge in [-0.3, -0.25) is 9.59 Å². The van der Waals surface area contributed by atoms with Crippen molar-refractivity contribution < 1.29 is 24.2 Å². The summed E-state index contributed by atoms with van der Waals surface area (Å²) in [5, 5.41) is 14.6. The van der Waals surface area contributed by atoms with Crippen molar-refractivity contribution in [3.63, 3.8) is 0 Å². The summed E-state index contributed by atoms with van der Waals surface area (Å²) in [6.45, 7) is 8.91. The van der Waals surface area contributed by atoms with E-state index in [4.69, 9.17) is 4.74 Å². The summed E-state index contributed by atoms with van der Waals surface area (Å²) in [5.74, 6) is -2.95. The van der Waals surface area contributed by atoms with Crippen molar-refractivity contribution in [2.75, 3.05) is 0 Å². The van der Waals surface area contributed by atoms with Crippen molar-refractivity contribution in [3.8, 4) is 0 Å². The van der Waals surface area contributed by atoms with Crippen molar-refractivity contribution >= 4 is 18.0 Å². The molecule has 0 saturated heterocycles. The number of carboxylic acid groups (broad SMARTS) is 1. The number of hydrogen-bond donors (Lipinski definition) is 3. The molecule has 0 heterocycles. The van der Waals surface area contributed by atoms with Crippen LogP contribution in [0, 0.1) is 11.8 Å². The van der Waals surface area contributed by atoms with E-state index < -0.39 is 35.7 Å². The van der Waals surface area contributed by atoms with Gasteiger partial charge in [0.1, 0.15) is 17.7 Å². The Hall–Kier alpha value is -2.57. The predicted octanol–water partition coefficient (Wildman–Crippen LogP) is 2.94. The van der Waals surface area contributed by atoms with Crippen LogP contribution < -0.4 is 10.6 Å². The lowest BCUT2D eigenvalue weighted by molar-refractivity contribution is -0.147. The molecule has 0 radical (unpaired) electrons. The first-order valence-corrected chi connectivity index (χ1v) is 9.04. The Balaban J connectivity index is 2.90. The van der Waals surface area contributed by atoms with Crippen LogP contribution in [0.25, 0.3) is 0 Å². The largest absolute Gasteiger partial charge is 0.481 e. The SMILES string of the molecule is CC(C)CC(C(=O)O)C(=O)NC(Cc1ccccc1)NC(=O)OC(C)(C)C. The summed E-state index contributed by atoms with van der Waals surface area (Å²) in [4.78, 5) is 36.1. The molecule has 0 aliphatic rings. The Morgan fingerprint density at radius 1 is 1.07 bits per heavy atom. The lowest BCUT2D eigenvalue weighted by atomic mass is 9.96. The quantitative estimate of drug-likeness (QED) is 0.476. The van der Waals surface area contributed by atoms with E-state index >= 15 is 0 Å². The van der Waals surface area contributed by atoms with Crippen LogP contribution in [0.2, 0.25) is 0 Å². The third kappa shape index (κ3) is 9.08. The van der Waals surface area contributed by atoms with E-state index in [0.29, 0.717) is 6.42 Å². The molecule has 7 nitrogen and oxygen atoms in total. The summed E-state index contributed by atoms with van der Waals surface area (Å²) in [7, 11) is 0. The number of amides is 2. The third-order valence-electron chi connectivity index (χ3n) is 3.61. The number of alkyl carbamates (subject to hydrolysis) is 1. The first kappa shape index (κ1) is 22.5. The lowest BCUT2D eigenvalue weighted by Gasteiger charge is -2.25. The van der Waals surface area contributed by atoms with E-state index in [1.54, 1.807) is 20.8 Å². The van der Waals surface area contributed by atoms with Crippen LogP contribution >= 0.6 is 0 Å². The Morgan fingerprint density at radius 2 is 1.67 bits per heavy atom. The maximum atomic E-state index is 12.5. The molecule has 7 heteroatoms. The van der Waals surface area contributed by atoms with E-state index in [0.717, 1.165) is 5.56 Å². The molecule has 0 fully saturated rings. The molecule has 0 aromatic heterocycles. The van der Waals surface area contributed by atoms with Gasteiger partial charge in [0.15, 0.2) is 0 Å². The molecule has 2 unspecified atom stereocenters. The van der Waals surface area contributed by atoms with E-state index in [1.807, 2.05) is 44.2 Å². The maximum Gasteiger partial charge on any atom is 0.409 e. The Labute approximate surface area is 160 Å². The highest BCUT2D eigenvalue weighted by Crippen LogP contribution is 2.13. The summed E-state index contributed by atoms with van der Waals surface area (Å²) in [5.41, 5.74) is 0.196. The molecule has 150 valence electrons. The van der Waals surface area contributed by atoms with E-state index in [1.165, 1.54) is 0 Å². The molecule has 0 bridgehead atoms. The van der Waals surface area contributed by atoms with Crippen LogP contribution in [0.15, 0.2) is 30.3 Å². The molecule has 1 aromatic carbocycles. The van der Waals surface area contributed by atoms with Crippen LogP contribution in [0.3, 0.4) is 0 Å². The molecule has 0 spiro atoms. The van der Waals surface area contributed by atoms with Crippen LogP contribution in [0.5, 0.6) is 0 Å². The Kier molecular flexibility index (Phi) is 8.28. The van der Waals surface area contributed by atoms with E-state index in [2.05, 4.69) is 10.6 Å². The molecule has 0 aliphatic heterocycles. The average molecular weight is 378 g/mol. The van der Waals surface area contributed by atoms with Gasteiger partial charge in [0.25, 0.3) is 0 Å². The van der Waals surface area contributed by atoms with Gasteiger partial charge in [-0.15, -0.1) is 0 Å². The van der Waals surface area contributed by atoms with Crippen LogP contribution in [-0.4, -0.2) is 34.8 Å². The molecule has 27 heavy (non-hydrogen) atoms. The zero-order valence-corrected chi connectivity index (χ0v) is 16.6. The standard InChI is InChI=1S/C20H30N2O5/c1-13(2)11-15(18(24)25)17(23)21-16(12-14-9-7-6-8-10-14)22-19(26)27-20(3,4)5/h6-10,13,15-16H,11-12H2,1-5H3,(H,21,23)(H,22,26)(H,24,25). The third-order valence-corrected chi connectivity index (χ3v) is 3.61. The van der Waals surface area contributed by atoms with Gasteiger partial charge < -0.3 is 20.5 Å². The fourth-order valence-corrected chi connectivity index (χ4v) is 2.50. The number of carboxylic acids is 1. The summed E-state index contributed by atoms with van der Waals surface area (Å²) >= 11 is 0. The van der Waals surface area contributed by atoms with Gasteiger partial charge in [-0.2, -0.15) is 0 Å². The fraction of sp³-hybridized carbons (Fsp3) is 0.550. The van der Waals surface area contributed by atoms with E-state index in [-0.39, 0.29) is 12.3 Å². The zero-order chi connectivity index (χ0) is 20.6. The number of rotatable bonds is 8. The van der Waals surface area contributed by atoms with E-state index in [9.17, 15) is 19.5 Å². The second-order valence-electron chi connectivity index (χ2n) is 7.92. The number of aliphatic carboxylic acids is 1. The molecule has 0 saturated carbocycles. The highest BCUT2D eigenvalue weighted by Gasteiger charge is 2.29. The molecule has 3 N–H and O–H groups in total. The van der Waals surface area contributed by atoms with Crippen LogP contribution in [0.4, 0.5) is 4.79 Å². The zero-order valence-electron chi connectivity index (χ0n) is 16.6. The average Bonchev–Trinajstić information content (AvgIpc) is 2.51.